The summed E-state index contributed by atoms with van der Waals surface area (Å²) in [6, 6.07) is 17.5. The Balaban J connectivity index is 1.74. The molecule has 26 heavy (non-hydrogen) atoms. The summed E-state index contributed by atoms with van der Waals surface area (Å²) >= 11 is 0. The second-order valence-electron chi connectivity index (χ2n) is 6.05. The van der Waals surface area contributed by atoms with Crippen LogP contribution < -0.4 is 15.0 Å². The molecule has 1 aliphatic rings. The normalized spacial score (nSPS) is 13.5. The summed E-state index contributed by atoms with van der Waals surface area (Å²) in [5.74, 6) is 0.496. The summed E-state index contributed by atoms with van der Waals surface area (Å²) < 4.78 is 5.31. The van der Waals surface area contributed by atoms with Gasteiger partial charge in [-0.15, -0.1) is 0 Å². The van der Waals surface area contributed by atoms with E-state index in [-0.39, 0.29) is 11.5 Å². The Bertz CT molecular complexity index is 868. The second kappa shape index (κ2) is 8.21. The van der Waals surface area contributed by atoms with E-state index in [1.54, 1.807) is 12.0 Å². The highest BCUT2D eigenvalue weighted by atomic mass is 16.5. The molecule has 2 aromatic rings. The van der Waals surface area contributed by atoms with Gasteiger partial charge in [0.2, 0.25) is 0 Å². The van der Waals surface area contributed by atoms with Crippen LogP contribution in [0.4, 0.5) is 5.69 Å². The highest BCUT2D eigenvalue weighted by molar-refractivity contribution is 6.08. The Hall–Kier alpha value is -3.26. The van der Waals surface area contributed by atoms with E-state index in [1.807, 2.05) is 54.6 Å². The molecule has 2 aromatic carbocycles. The lowest BCUT2D eigenvalue weighted by Gasteiger charge is -2.29. The highest BCUT2D eigenvalue weighted by Gasteiger charge is 2.24. The molecule has 0 unspecified atom stereocenters. The Kier molecular flexibility index (Phi) is 5.55. The Morgan fingerprint density at radius 1 is 1.27 bits per heavy atom. The van der Waals surface area contributed by atoms with Crippen molar-refractivity contribution >= 4 is 11.6 Å². The van der Waals surface area contributed by atoms with E-state index in [0.29, 0.717) is 13.1 Å². The van der Waals surface area contributed by atoms with Gasteiger partial charge in [-0.05, 0) is 30.5 Å². The zero-order valence-corrected chi connectivity index (χ0v) is 14.7. The SMILES string of the molecule is COc1ccccc1CN/C=C(/C#N)C(=O)N1CCCc2ccccc21. The number of benzene rings is 2. The maximum Gasteiger partial charge on any atom is 0.270 e. The Morgan fingerprint density at radius 2 is 2.04 bits per heavy atom. The Labute approximate surface area is 153 Å². The van der Waals surface area contributed by atoms with Crippen LogP contribution in [0, 0.1) is 11.3 Å². The molecular weight excluding hydrogens is 326 g/mol. The van der Waals surface area contributed by atoms with Gasteiger partial charge >= 0.3 is 0 Å². The van der Waals surface area contributed by atoms with Crippen LogP contribution in [0.3, 0.4) is 0 Å². The number of rotatable bonds is 5. The lowest BCUT2D eigenvalue weighted by Crippen LogP contribution is -2.36. The summed E-state index contributed by atoms with van der Waals surface area (Å²) in [5.41, 5.74) is 3.09. The third-order valence-corrected chi connectivity index (χ3v) is 4.44. The van der Waals surface area contributed by atoms with Gasteiger partial charge in [0.1, 0.15) is 17.4 Å². The predicted molar refractivity (Wildman–Crippen MR) is 101 cm³/mol. The summed E-state index contributed by atoms with van der Waals surface area (Å²) in [5, 5.41) is 12.5. The fourth-order valence-corrected chi connectivity index (χ4v) is 3.14. The number of hydrogen-bond acceptors (Lipinski definition) is 4. The molecule has 0 fully saturated rings. The van der Waals surface area contributed by atoms with E-state index in [9.17, 15) is 10.1 Å². The van der Waals surface area contributed by atoms with E-state index in [0.717, 1.165) is 35.4 Å². The smallest absolute Gasteiger partial charge is 0.270 e. The number of hydrogen-bond donors (Lipinski definition) is 1. The van der Waals surface area contributed by atoms with Crippen LogP contribution in [-0.4, -0.2) is 19.6 Å². The second-order valence-corrected chi connectivity index (χ2v) is 6.05. The van der Waals surface area contributed by atoms with Crippen molar-refractivity contribution in [3.63, 3.8) is 0 Å². The quantitative estimate of drug-likeness (QED) is 0.666. The largest absolute Gasteiger partial charge is 0.496 e. The molecule has 0 spiro atoms. The average molecular weight is 347 g/mol. The van der Waals surface area contributed by atoms with Crippen LogP contribution in [0.1, 0.15) is 17.5 Å². The van der Waals surface area contributed by atoms with Crippen LogP contribution in [-0.2, 0) is 17.8 Å². The number of methoxy groups -OCH3 is 1. The van der Waals surface area contributed by atoms with Gasteiger partial charge in [-0.25, -0.2) is 0 Å². The summed E-state index contributed by atoms with van der Waals surface area (Å²) in [6.07, 6.45) is 3.35. The summed E-state index contributed by atoms with van der Waals surface area (Å²) in [4.78, 5) is 14.5. The third-order valence-electron chi connectivity index (χ3n) is 4.44. The fraction of sp³-hybridized carbons (Fsp3) is 0.238. The number of nitrogens with zero attached hydrogens (tertiary/aromatic N) is 2. The number of nitriles is 1. The van der Waals surface area contributed by atoms with Crippen molar-refractivity contribution in [2.24, 2.45) is 0 Å². The van der Waals surface area contributed by atoms with Gasteiger partial charge in [0, 0.05) is 30.5 Å². The monoisotopic (exact) mass is 347 g/mol. The maximum atomic E-state index is 12.8. The number of carbonyl (C=O) groups is 1. The van der Waals surface area contributed by atoms with Crippen LogP contribution in [0.15, 0.2) is 60.3 Å². The zero-order chi connectivity index (χ0) is 18.4. The van der Waals surface area contributed by atoms with Gasteiger partial charge in [-0.3, -0.25) is 4.79 Å². The average Bonchev–Trinajstić information content (AvgIpc) is 2.70. The van der Waals surface area contributed by atoms with Crippen LogP contribution in [0.2, 0.25) is 0 Å². The Morgan fingerprint density at radius 3 is 2.85 bits per heavy atom. The zero-order valence-electron chi connectivity index (χ0n) is 14.7. The van der Waals surface area contributed by atoms with Gasteiger partial charge in [0.25, 0.3) is 5.91 Å². The van der Waals surface area contributed by atoms with Crippen molar-refractivity contribution in [1.82, 2.24) is 5.32 Å². The minimum Gasteiger partial charge on any atom is -0.496 e. The molecule has 0 saturated heterocycles. The van der Waals surface area contributed by atoms with Crippen molar-refractivity contribution in [3.05, 3.63) is 71.4 Å². The molecule has 0 aliphatic carbocycles. The summed E-state index contributed by atoms with van der Waals surface area (Å²) in [7, 11) is 1.62. The standard InChI is InChI=1S/C21H21N3O2/c1-26-20-11-5-3-8-17(20)14-23-15-18(13-22)21(25)24-12-6-9-16-7-2-4-10-19(16)24/h2-5,7-8,10-11,15,23H,6,9,12,14H2,1H3/b18-15-. The van der Waals surface area contributed by atoms with Crippen LogP contribution >= 0.6 is 0 Å². The molecule has 3 rings (SSSR count). The first kappa shape index (κ1) is 17.6. The first-order valence-corrected chi connectivity index (χ1v) is 8.60. The number of amides is 1. The number of ether oxygens (including phenoxy) is 1. The van der Waals surface area contributed by atoms with Crippen molar-refractivity contribution in [1.29, 1.82) is 5.26 Å². The molecule has 0 aromatic heterocycles. The van der Waals surface area contributed by atoms with Crippen molar-refractivity contribution in [3.8, 4) is 11.8 Å². The van der Waals surface area contributed by atoms with E-state index in [4.69, 9.17) is 4.74 Å². The number of carbonyl (C=O) groups excluding carboxylic acids is 1. The number of anilines is 1. The molecule has 5 heteroatoms. The maximum absolute atomic E-state index is 12.8. The van der Waals surface area contributed by atoms with E-state index in [1.165, 1.54) is 6.20 Å². The van der Waals surface area contributed by atoms with Gasteiger partial charge < -0.3 is 15.0 Å². The van der Waals surface area contributed by atoms with Crippen LogP contribution in [0.25, 0.3) is 0 Å². The van der Waals surface area contributed by atoms with Crippen LogP contribution in [0.5, 0.6) is 5.75 Å². The minimum atomic E-state index is -0.271. The molecule has 0 radical (unpaired) electrons. The fourth-order valence-electron chi connectivity index (χ4n) is 3.14. The molecule has 0 bridgehead atoms. The van der Waals surface area contributed by atoms with Crippen molar-refractivity contribution < 1.29 is 9.53 Å². The predicted octanol–water partition coefficient (Wildman–Crippen LogP) is 3.17. The molecule has 1 heterocycles. The highest BCUT2D eigenvalue weighted by Crippen LogP contribution is 2.27. The first-order chi connectivity index (χ1) is 12.7. The van der Waals surface area contributed by atoms with Crippen molar-refractivity contribution in [2.45, 2.75) is 19.4 Å². The van der Waals surface area contributed by atoms with E-state index < -0.39 is 0 Å². The molecule has 5 nitrogen and oxygen atoms in total. The first-order valence-electron chi connectivity index (χ1n) is 8.60. The number of aryl methyl sites for hydroxylation is 1. The number of nitrogens with one attached hydrogen (secondary N) is 1. The molecule has 132 valence electrons. The lowest BCUT2D eigenvalue weighted by atomic mass is 10.0. The molecular formula is C21H21N3O2. The molecule has 0 saturated carbocycles. The topological polar surface area (TPSA) is 65.4 Å². The van der Waals surface area contributed by atoms with Gasteiger partial charge in [-0.2, -0.15) is 5.26 Å². The number of para-hydroxylation sites is 2. The van der Waals surface area contributed by atoms with E-state index in [2.05, 4.69) is 5.32 Å². The summed E-state index contributed by atoms with van der Waals surface area (Å²) in [6.45, 7) is 1.10. The van der Waals surface area contributed by atoms with Crippen molar-refractivity contribution in [2.75, 3.05) is 18.6 Å². The van der Waals surface area contributed by atoms with Gasteiger partial charge in [0.05, 0.1) is 7.11 Å². The lowest BCUT2D eigenvalue weighted by molar-refractivity contribution is -0.114. The third kappa shape index (κ3) is 3.70. The molecule has 1 aliphatic heterocycles. The van der Waals surface area contributed by atoms with Gasteiger partial charge in [-0.1, -0.05) is 36.4 Å². The molecule has 0 atom stereocenters. The molecule has 1 amide bonds. The van der Waals surface area contributed by atoms with Gasteiger partial charge in [0.15, 0.2) is 0 Å². The molecule has 1 N–H and O–H groups in total. The minimum absolute atomic E-state index is 0.0941. The van der Waals surface area contributed by atoms with E-state index >= 15 is 0 Å². The number of fused-ring (bicyclic) bond motifs is 1.